The maximum atomic E-state index is 10.2. The predicted octanol–water partition coefficient (Wildman–Crippen LogP) is 1.12. The molecule has 7 heavy (non-hydrogen) atoms. The Bertz CT molecular complexity index is 120. The molecule has 0 aromatic rings. The van der Waals surface area contributed by atoms with Gasteiger partial charge in [-0.25, -0.2) is 0 Å². The first-order valence-corrected chi connectivity index (χ1v) is 2.04. The van der Waals surface area contributed by atoms with E-state index in [1.807, 2.05) is 0 Å². The van der Waals surface area contributed by atoms with E-state index in [0.717, 1.165) is 0 Å². The Kier molecular flexibility index (Phi) is 1.29. The molecule has 2 nitrogen and oxygen atoms in total. The monoisotopic (exact) mass is 104 g/mol. The Morgan fingerprint density at radius 3 is 2.71 bits per heavy atom. The van der Waals surface area contributed by atoms with E-state index in [-0.39, 0.29) is 0 Å². The van der Waals surface area contributed by atoms with Gasteiger partial charge in [0, 0.05) is 2.74 Å². The van der Waals surface area contributed by atoms with Crippen molar-refractivity contribution >= 4 is 5.97 Å². The standard InChI is InChI=1S/C5H10O2/c1-3-4(2)5(6)7/h4H,3H2,1-2H3,(H,6,7)/t4-/m1/s1/i3D,4D/t3-,4+/m0. The molecule has 0 heterocycles. The zero-order chi connectivity index (χ0) is 7.65. The van der Waals surface area contributed by atoms with Gasteiger partial charge in [0.25, 0.3) is 0 Å². The Hall–Kier alpha value is -0.530. The highest BCUT2D eigenvalue weighted by molar-refractivity contribution is 5.69. The molecule has 0 amide bonds. The van der Waals surface area contributed by atoms with Gasteiger partial charge in [-0.2, -0.15) is 0 Å². The van der Waals surface area contributed by atoms with Crippen LogP contribution in [0.1, 0.15) is 23.0 Å². The van der Waals surface area contributed by atoms with Crippen LogP contribution in [0.5, 0.6) is 0 Å². The molecule has 0 aliphatic rings. The first-order chi connectivity index (χ1) is 3.89. The molecule has 0 unspecified atom stereocenters. The minimum Gasteiger partial charge on any atom is -0.481 e. The number of carbonyl (C=O) groups is 1. The van der Waals surface area contributed by atoms with Crippen LogP contribution in [0, 0.1) is 5.89 Å². The minimum atomic E-state index is -1.67. The molecule has 0 aromatic carbocycles. The normalized spacial score (nSPS) is 26.6. The van der Waals surface area contributed by atoms with Gasteiger partial charge in [0.2, 0.25) is 0 Å². The zero-order valence-corrected chi connectivity index (χ0v) is 4.43. The molecule has 0 aromatic heterocycles. The molecule has 0 radical (unpaired) electrons. The summed E-state index contributed by atoms with van der Waals surface area (Å²) in [5.74, 6) is -2.91. The Labute approximate surface area is 46.0 Å². The molecule has 0 saturated carbocycles. The molecule has 1 N–H and O–H groups in total. The van der Waals surface area contributed by atoms with Crippen LogP contribution in [0.15, 0.2) is 0 Å². The van der Waals surface area contributed by atoms with Gasteiger partial charge < -0.3 is 5.11 Å². The average molecular weight is 104 g/mol. The highest BCUT2D eigenvalue weighted by Gasteiger charge is 2.05. The molecule has 2 atom stereocenters. The zero-order valence-electron chi connectivity index (χ0n) is 6.43. The fourth-order valence-corrected chi connectivity index (χ4v) is 0.123. The summed E-state index contributed by atoms with van der Waals surface area (Å²) >= 11 is 0. The molecular formula is C5H10O2. The minimum absolute atomic E-state index is 0.894. The molecule has 0 bridgehead atoms. The van der Waals surface area contributed by atoms with Gasteiger partial charge in [-0.05, 0) is 6.40 Å². The van der Waals surface area contributed by atoms with E-state index in [2.05, 4.69) is 0 Å². The molecule has 2 heteroatoms. The van der Waals surface area contributed by atoms with Gasteiger partial charge in [-0.3, -0.25) is 4.79 Å². The molecule has 0 aliphatic heterocycles. The largest absolute Gasteiger partial charge is 0.481 e. The molecule has 0 spiro atoms. The van der Waals surface area contributed by atoms with Crippen molar-refractivity contribution in [3.05, 3.63) is 0 Å². The van der Waals surface area contributed by atoms with Crippen LogP contribution in [0.4, 0.5) is 0 Å². The van der Waals surface area contributed by atoms with Crippen molar-refractivity contribution in [2.45, 2.75) is 20.2 Å². The number of carboxylic acids is 1. The van der Waals surface area contributed by atoms with E-state index in [9.17, 15) is 4.79 Å². The van der Waals surface area contributed by atoms with E-state index < -0.39 is 18.3 Å². The van der Waals surface area contributed by atoms with Crippen molar-refractivity contribution < 1.29 is 12.6 Å². The van der Waals surface area contributed by atoms with E-state index in [1.54, 1.807) is 0 Å². The summed E-state index contributed by atoms with van der Waals surface area (Å²) in [4.78, 5) is 10.2. The maximum Gasteiger partial charge on any atom is 0.306 e. The van der Waals surface area contributed by atoms with Crippen molar-refractivity contribution in [1.82, 2.24) is 0 Å². The first-order valence-electron chi connectivity index (χ1n) is 3.12. The van der Waals surface area contributed by atoms with Crippen LogP contribution in [0.25, 0.3) is 0 Å². The Balaban J connectivity index is 4.19. The fourth-order valence-electron chi connectivity index (χ4n) is 0.123. The number of rotatable bonds is 2. The Morgan fingerprint density at radius 1 is 2.29 bits per heavy atom. The quantitative estimate of drug-likeness (QED) is 0.570. The van der Waals surface area contributed by atoms with Gasteiger partial charge in [0.1, 0.15) is 0 Å². The summed E-state index contributed by atoms with van der Waals surface area (Å²) in [7, 11) is 0. The third-order valence-electron chi connectivity index (χ3n) is 0.770. The number of hydrogen-bond donors (Lipinski definition) is 1. The molecule has 0 saturated heterocycles. The summed E-state index contributed by atoms with van der Waals surface area (Å²) in [6.45, 7) is 2.61. The smallest absolute Gasteiger partial charge is 0.306 e. The van der Waals surface area contributed by atoms with Crippen LogP contribution < -0.4 is 0 Å². The van der Waals surface area contributed by atoms with Gasteiger partial charge in [-0.15, -0.1) is 0 Å². The van der Waals surface area contributed by atoms with Crippen LogP contribution >= 0.6 is 0 Å². The lowest BCUT2D eigenvalue weighted by atomic mass is 10.1. The molecule has 42 valence electrons. The fraction of sp³-hybridized carbons (Fsp3) is 0.800. The van der Waals surface area contributed by atoms with Gasteiger partial charge in [0.15, 0.2) is 0 Å². The first kappa shape index (κ1) is 3.47. The highest BCUT2D eigenvalue weighted by Crippen LogP contribution is 1.97. The highest BCUT2D eigenvalue weighted by atomic mass is 16.4. The molecule has 0 fully saturated rings. The molecule has 0 rings (SSSR count). The molecular weight excluding hydrogens is 92.1 g/mol. The lowest BCUT2D eigenvalue weighted by Gasteiger charge is -1.96. The van der Waals surface area contributed by atoms with Crippen molar-refractivity contribution in [2.24, 2.45) is 5.89 Å². The number of hydrogen-bond acceptors (Lipinski definition) is 1. The lowest BCUT2D eigenvalue weighted by molar-refractivity contribution is -0.141. The lowest BCUT2D eigenvalue weighted by Crippen LogP contribution is -2.06. The summed E-state index contributed by atoms with van der Waals surface area (Å²) in [6, 6.07) is 0. The van der Waals surface area contributed by atoms with E-state index in [0.29, 0.717) is 0 Å². The van der Waals surface area contributed by atoms with Gasteiger partial charge in [-0.1, -0.05) is 13.8 Å². The van der Waals surface area contributed by atoms with E-state index >= 15 is 0 Å². The SMILES string of the molecule is [2H][C@@H](C)[C@@]([2H])(C)C(=O)O. The third kappa shape index (κ3) is 2.20. The number of aliphatic carboxylic acids is 1. The van der Waals surface area contributed by atoms with Crippen LogP contribution in [0.3, 0.4) is 0 Å². The second-order valence-electron chi connectivity index (χ2n) is 1.28. The second kappa shape index (κ2) is 2.61. The van der Waals surface area contributed by atoms with Gasteiger partial charge in [0.05, 0.1) is 5.89 Å². The summed E-state index contributed by atoms with van der Waals surface area (Å²) in [5.41, 5.74) is 0. The third-order valence-corrected chi connectivity index (χ3v) is 0.770. The Morgan fingerprint density at radius 2 is 2.71 bits per heavy atom. The summed E-state index contributed by atoms with van der Waals surface area (Å²) in [5, 5.41) is 8.30. The predicted molar refractivity (Wildman–Crippen MR) is 27.1 cm³/mol. The summed E-state index contributed by atoms with van der Waals surface area (Å²) < 4.78 is 14.0. The van der Waals surface area contributed by atoms with Crippen LogP contribution in [-0.4, -0.2) is 11.1 Å². The van der Waals surface area contributed by atoms with Gasteiger partial charge >= 0.3 is 5.97 Å². The second-order valence-corrected chi connectivity index (χ2v) is 1.28. The topological polar surface area (TPSA) is 37.3 Å². The van der Waals surface area contributed by atoms with Crippen molar-refractivity contribution in [3.8, 4) is 0 Å². The van der Waals surface area contributed by atoms with Crippen LogP contribution in [-0.2, 0) is 4.79 Å². The van der Waals surface area contributed by atoms with Crippen molar-refractivity contribution in [1.29, 1.82) is 0 Å². The maximum absolute atomic E-state index is 10.2. The molecule has 0 aliphatic carbocycles. The average Bonchev–Trinajstić information content (AvgIpc) is 1.65. The summed E-state index contributed by atoms with van der Waals surface area (Å²) in [6.07, 6.45) is -0.894. The number of carboxylic acid groups (broad SMARTS) is 1. The van der Waals surface area contributed by atoms with Crippen molar-refractivity contribution in [2.75, 3.05) is 0 Å². The van der Waals surface area contributed by atoms with Crippen LogP contribution in [0.2, 0.25) is 0 Å². The van der Waals surface area contributed by atoms with E-state index in [1.165, 1.54) is 13.8 Å². The van der Waals surface area contributed by atoms with Crippen molar-refractivity contribution in [3.63, 3.8) is 0 Å². The van der Waals surface area contributed by atoms with E-state index in [4.69, 9.17) is 7.85 Å².